The molecule has 4 rings (SSSR count). The van der Waals surface area contributed by atoms with E-state index < -0.39 is 5.97 Å². The average molecular weight is 422 g/mol. The van der Waals surface area contributed by atoms with Crippen molar-refractivity contribution in [3.05, 3.63) is 120 Å². The number of benzene rings is 3. The summed E-state index contributed by atoms with van der Waals surface area (Å²) in [6.45, 7) is 3.40. The molecule has 0 atom stereocenters. The van der Waals surface area contributed by atoms with Crippen molar-refractivity contribution in [1.29, 1.82) is 0 Å². The van der Waals surface area contributed by atoms with Gasteiger partial charge in [0.05, 0.1) is 0 Å². The zero-order valence-electron chi connectivity index (χ0n) is 17.4. The van der Waals surface area contributed by atoms with E-state index in [2.05, 4.69) is 39.0 Å². The van der Waals surface area contributed by atoms with E-state index in [-0.39, 0.29) is 0 Å². The summed E-state index contributed by atoms with van der Waals surface area (Å²) < 4.78 is 5.13. The molecule has 0 radical (unpaired) electrons. The lowest BCUT2D eigenvalue weighted by Gasteiger charge is -2.10. The van der Waals surface area contributed by atoms with Crippen LogP contribution in [0.5, 0.6) is 5.75 Å². The normalized spacial score (nSPS) is 10.4. The summed E-state index contributed by atoms with van der Waals surface area (Å²) in [6, 6.07) is 27.1. The van der Waals surface area contributed by atoms with Crippen molar-refractivity contribution in [2.45, 2.75) is 12.8 Å². The minimum atomic E-state index is -0.489. The predicted molar refractivity (Wildman–Crippen MR) is 124 cm³/mol. The van der Waals surface area contributed by atoms with Crippen molar-refractivity contribution in [2.75, 3.05) is 5.32 Å². The van der Waals surface area contributed by atoms with Crippen molar-refractivity contribution in [2.24, 2.45) is 0 Å². The van der Waals surface area contributed by atoms with E-state index in [4.69, 9.17) is 4.74 Å². The number of aromatic nitrogens is 3. The van der Waals surface area contributed by atoms with Crippen molar-refractivity contribution in [1.82, 2.24) is 15.0 Å². The summed E-state index contributed by atoms with van der Waals surface area (Å²) in [5.41, 5.74) is 3.03. The number of para-hydroxylation sites is 1. The molecule has 1 N–H and O–H groups in total. The molecule has 0 aliphatic rings. The maximum Gasteiger partial charge on any atom is 0.335 e. The maximum atomic E-state index is 11.4. The SMILES string of the molecule is C=CC(=O)Oc1ccc(Cc2nc(Cc3ccccc3)nc(Nc3ccccc3)n2)cc1. The zero-order valence-corrected chi connectivity index (χ0v) is 17.4. The fourth-order valence-electron chi connectivity index (χ4n) is 3.13. The van der Waals surface area contributed by atoms with E-state index in [9.17, 15) is 4.79 Å². The first-order valence-corrected chi connectivity index (χ1v) is 10.2. The van der Waals surface area contributed by atoms with Crippen molar-refractivity contribution in [3.63, 3.8) is 0 Å². The van der Waals surface area contributed by atoms with Crippen molar-refractivity contribution in [3.8, 4) is 5.75 Å². The van der Waals surface area contributed by atoms with Crippen LogP contribution in [-0.2, 0) is 17.6 Å². The van der Waals surface area contributed by atoms with Gasteiger partial charge in [0.2, 0.25) is 5.95 Å². The molecule has 0 saturated carbocycles. The second-order valence-electron chi connectivity index (χ2n) is 7.09. The van der Waals surface area contributed by atoms with Gasteiger partial charge in [-0.2, -0.15) is 9.97 Å². The first-order chi connectivity index (χ1) is 15.7. The van der Waals surface area contributed by atoms with Crippen LogP contribution in [0.4, 0.5) is 11.6 Å². The molecular weight excluding hydrogens is 400 g/mol. The number of nitrogens with zero attached hydrogens (tertiary/aromatic N) is 3. The number of anilines is 2. The maximum absolute atomic E-state index is 11.4. The van der Waals surface area contributed by atoms with Gasteiger partial charge in [0.1, 0.15) is 17.4 Å². The number of hydrogen-bond acceptors (Lipinski definition) is 6. The molecule has 6 nitrogen and oxygen atoms in total. The molecule has 1 aromatic heterocycles. The molecule has 0 spiro atoms. The first kappa shape index (κ1) is 20.9. The molecule has 32 heavy (non-hydrogen) atoms. The highest BCUT2D eigenvalue weighted by atomic mass is 16.5. The number of carbonyl (C=O) groups is 1. The highest BCUT2D eigenvalue weighted by Crippen LogP contribution is 2.17. The summed E-state index contributed by atoms with van der Waals surface area (Å²) in [5, 5.41) is 3.26. The minimum absolute atomic E-state index is 0.463. The van der Waals surface area contributed by atoms with Gasteiger partial charge in [-0.25, -0.2) is 9.78 Å². The van der Waals surface area contributed by atoms with E-state index in [1.54, 1.807) is 12.1 Å². The topological polar surface area (TPSA) is 77.0 Å². The highest BCUT2D eigenvalue weighted by Gasteiger charge is 2.10. The lowest BCUT2D eigenvalue weighted by atomic mass is 10.1. The van der Waals surface area contributed by atoms with Gasteiger partial charge in [0.15, 0.2) is 0 Å². The van der Waals surface area contributed by atoms with Crippen LogP contribution in [0.25, 0.3) is 0 Å². The zero-order chi connectivity index (χ0) is 22.2. The molecule has 0 unspecified atom stereocenters. The molecule has 0 amide bonds. The highest BCUT2D eigenvalue weighted by molar-refractivity contribution is 5.83. The Bertz CT molecular complexity index is 1130. The van der Waals surface area contributed by atoms with E-state index in [0.29, 0.717) is 36.2 Å². The number of carbonyl (C=O) groups excluding carboxylic acids is 1. The van der Waals surface area contributed by atoms with Crippen LogP contribution in [0.3, 0.4) is 0 Å². The average Bonchev–Trinajstić information content (AvgIpc) is 2.81. The molecule has 158 valence electrons. The van der Waals surface area contributed by atoms with Gasteiger partial charge in [0.25, 0.3) is 0 Å². The number of hydrogen-bond donors (Lipinski definition) is 1. The smallest absolute Gasteiger partial charge is 0.335 e. The molecule has 1 heterocycles. The van der Waals surface area contributed by atoms with Gasteiger partial charge in [-0.1, -0.05) is 67.2 Å². The number of esters is 1. The quantitative estimate of drug-likeness (QED) is 0.248. The summed E-state index contributed by atoms with van der Waals surface area (Å²) in [4.78, 5) is 25.3. The third-order valence-corrected chi connectivity index (χ3v) is 4.63. The van der Waals surface area contributed by atoms with E-state index >= 15 is 0 Å². The second-order valence-corrected chi connectivity index (χ2v) is 7.09. The Balaban J connectivity index is 1.58. The second kappa shape index (κ2) is 10.1. The Morgan fingerprint density at radius 2 is 1.34 bits per heavy atom. The first-order valence-electron chi connectivity index (χ1n) is 10.2. The molecular formula is C26H22N4O2. The third kappa shape index (κ3) is 5.86. The van der Waals surface area contributed by atoms with E-state index in [1.807, 2.05) is 60.7 Å². The number of nitrogens with one attached hydrogen (secondary N) is 1. The predicted octanol–water partition coefficient (Wildman–Crippen LogP) is 4.89. The Kier molecular flexibility index (Phi) is 6.63. The van der Waals surface area contributed by atoms with E-state index in [0.717, 1.165) is 22.9 Å². The van der Waals surface area contributed by atoms with Gasteiger partial charge in [0, 0.05) is 24.6 Å². The van der Waals surface area contributed by atoms with E-state index in [1.165, 1.54) is 0 Å². The molecule has 0 fully saturated rings. The molecule has 0 aliphatic carbocycles. The van der Waals surface area contributed by atoms with Crippen LogP contribution < -0.4 is 10.1 Å². The van der Waals surface area contributed by atoms with Crippen molar-refractivity contribution < 1.29 is 9.53 Å². The van der Waals surface area contributed by atoms with Gasteiger partial charge >= 0.3 is 5.97 Å². The fourth-order valence-corrected chi connectivity index (χ4v) is 3.13. The van der Waals surface area contributed by atoms with Crippen LogP contribution in [0.2, 0.25) is 0 Å². The molecule has 4 aromatic rings. The Labute approximate surface area is 186 Å². The monoisotopic (exact) mass is 422 g/mol. The molecule has 0 saturated heterocycles. The van der Waals surface area contributed by atoms with Crippen LogP contribution in [0.15, 0.2) is 97.6 Å². The van der Waals surface area contributed by atoms with Gasteiger partial charge in [-0.15, -0.1) is 0 Å². The van der Waals surface area contributed by atoms with Gasteiger partial charge in [-0.05, 0) is 35.4 Å². The largest absolute Gasteiger partial charge is 0.423 e. The van der Waals surface area contributed by atoms with Crippen LogP contribution >= 0.6 is 0 Å². The Morgan fingerprint density at radius 1 is 0.781 bits per heavy atom. The number of rotatable bonds is 8. The lowest BCUT2D eigenvalue weighted by molar-refractivity contribution is -0.128. The van der Waals surface area contributed by atoms with Gasteiger partial charge in [-0.3, -0.25) is 0 Å². The Morgan fingerprint density at radius 3 is 1.94 bits per heavy atom. The lowest BCUT2D eigenvalue weighted by Crippen LogP contribution is -2.09. The summed E-state index contributed by atoms with van der Waals surface area (Å²) in [5.74, 6) is 1.82. The van der Waals surface area contributed by atoms with Crippen LogP contribution in [-0.4, -0.2) is 20.9 Å². The molecule has 6 heteroatoms. The van der Waals surface area contributed by atoms with Crippen LogP contribution in [0, 0.1) is 0 Å². The summed E-state index contributed by atoms with van der Waals surface area (Å²) >= 11 is 0. The summed E-state index contributed by atoms with van der Waals surface area (Å²) in [6.07, 6.45) is 2.26. The molecule has 0 aliphatic heterocycles. The standard InChI is InChI=1S/C26H22N4O2/c1-2-25(31)32-22-15-13-20(14-16-22)18-24-28-23(17-19-9-5-3-6-10-19)29-26(30-24)27-21-11-7-4-8-12-21/h2-16H,1,17-18H2,(H,27,28,29,30). The van der Waals surface area contributed by atoms with Gasteiger partial charge < -0.3 is 10.1 Å². The Hall–Kier alpha value is -4.32. The molecule has 3 aromatic carbocycles. The fraction of sp³-hybridized carbons (Fsp3) is 0.0769. The summed E-state index contributed by atoms with van der Waals surface area (Å²) in [7, 11) is 0. The third-order valence-electron chi connectivity index (χ3n) is 4.63. The number of ether oxygens (including phenoxy) is 1. The van der Waals surface area contributed by atoms with Crippen LogP contribution in [0.1, 0.15) is 22.8 Å². The van der Waals surface area contributed by atoms with Crippen molar-refractivity contribution >= 4 is 17.6 Å². The minimum Gasteiger partial charge on any atom is -0.423 e. The molecule has 0 bridgehead atoms.